The van der Waals surface area contributed by atoms with Crippen molar-refractivity contribution >= 4 is 46.7 Å². The molecular formula is C10H7NO8S3. The quantitative estimate of drug-likeness (QED) is 0.648. The van der Waals surface area contributed by atoms with Crippen LogP contribution < -0.4 is 4.72 Å². The predicted octanol–water partition coefficient (Wildman–Crippen LogP) is 0.447. The summed E-state index contributed by atoms with van der Waals surface area (Å²) in [6.45, 7) is 0. The Balaban J connectivity index is 2.73. The van der Waals surface area contributed by atoms with E-state index in [1.165, 1.54) is 18.2 Å². The lowest BCUT2D eigenvalue weighted by Gasteiger charge is -2.08. The first-order chi connectivity index (χ1) is 9.93. The van der Waals surface area contributed by atoms with E-state index in [0.717, 1.165) is 0 Å². The highest BCUT2D eigenvalue weighted by Crippen LogP contribution is 2.43. The van der Waals surface area contributed by atoms with Gasteiger partial charge in [0.25, 0.3) is 30.3 Å². The molecule has 0 aromatic heterocycles. The molecule has 0 saturated heterocycles. The van der Waals surface area contributed by atoms with Gasteiger partial charge in [0.05, 0.1) is 5.69 Å². The third-order valence-electron chi connectivity index (χ3n) is 3.11. The Labute approximate surface area is 125 Å². The summed E-state index contributed by atoms with van der Waals surface area (Å²) in [4.78, 5) is -2.70. The zero-order chi connectivity index (χ0) is 16.5. The van der Waals surface area contributed by atoms with Gasteiger partial charge in [-0.2, -0.15) is 16.8 Å². The van der Waals surface area contributed by atoms with Crippen LogP contribution in [-0.2, 0) is 30.3 Å². The van der Waals surface area contributed by atoms with E-state index in [1.807, 2.05) is 0 Å². The van der Waals surface area contributed by atoms with Crippen molar-refractivity contribution in [3.63, 3.8) is 0 Å². The van der Waals surface area contributed by atoms with Gasteiger partial charge in [-0.25, -0.2) is 8.42 Å². The molecule has 1 aliphatic rings. The van der Waals surface area contributed by atoms with Crippen molar-refractivity contribution in [2.45, 2.75) is 14.7 Å². The zero-order valence-electron chi connectivity index (χ0n) is 10.4. The molecular weight excluding hydrogens is 358 g/mol. The minimum absolute atomic E-state index is 0.0529. The van der Waals surface area contributed by atoms with Gasteiger partial charge in [0.15, 0.2) is 0 Å². The van der Waals surface area contributed by atoms with Crippen LogP contribution in [0.2, 0.25) is 0 Å². The highest BCUT2D eigenvalue weighted by Gasteiger charge is 2.37. The predicted molar refractivity (Wildman–Crippen MR) is 74.4 cm³/mol. The second kappa shape index (κ2) is 4.17. The topological polar surface area (TPSA) is 155 Å². The Morgan fingerprint density at radius 2 is 1.55 bits per heavy atom. The summed E-state index contributed by atoms with van der Waals surface area (Å²) in [5.74, 6) is 0. The van der Waals surface area contributed by atoms with Gasteiger partial charge in [-0.1, -0.05) is 12.1 Å². The standard InChI is InChI=1S/C10H7NO8S3/c12-20(13)10-8(22(17,18)19)4-7(21(14,15)16)5-2-1-3-6(11-20)9(5)10/h1-4,11H,(H,14,15,16)(H,17,18,19). The van der Waals surface area contributed by atoms with Crippen molar-refractivity contribution in [2.75, 3.05) is 4.72 Å². The summed E-state index contributed by atoms with van der Waals surface area (Å²) >= 11 is 0. The molecule has 0 fully saturated rings. The highest BCUT2D eigenvalue weighted by molar-refractivity contribution is 7.94. The lowest BCUT2D eigenvalue weighted by Crippen LogP contribution is -2.12. The van der Waals surface area contributed by atoms with Gasteiger partial charge in [0.2, 0.25) is 0 Å². The van der Waals surface area contributed by atoms with Crippen molar-refractivity contribution < 1.29 is 34.4 Å². The molecule has 0 atom stereocenters. The van der Waals surface area contributed by atoms with Crippen LogP contribution >= 0.6 is 0 Å². The molecule has 0 saturated carbocycles. The summed E-state index contributed by atoms with van der Waals surface area (Å²) in [6.07, 6.45) is 0. The molecule has 0 spiro atoms. The molecule has 2 aromatic rings. The summed E-state index contributed by atoms with van der Waals surface area (Å²) in [5.41, 5.74) is -0.0529. The van der Waals surface area contributed by atoms with Crippen molar-refractivity contribution in [2.24, 2.45) is 0 Å². The number of hydrogen-bond donors (Lipinski definition) is 3. The fraction of sp³-hybridized carbons (Fsp3) is 0. The van der Waals surface area contributed by atoms with Crippen LogP contribution in [0.4, 0.5) is 5.69 Å². The molecule has 1 heterocycles. The minimum Gasteiger partial charge on any atom is -0.282 e. The molecule has 2 aromatic carbocycles. The van der Waals surface area contributed by atoms with Gasteiger partial charge >= 0.3 is 0 Å². The van der Waals surface area contributed by atoms with Crippen molar-refractivity contribution in [3.8, 4) is 0 Å². The van der Waals surface area contributed by atoms with Gasteiger partial charge in [-0.3, -0.25) is 13.8 Å². The molecule has 0 unspecified atom stereocenters. The molecule has 1 aliphatic heterocycles. The Morgan fingerprint density at radius 1 is 0.955 bits per heavy atom. The molecule has 12 heteroatoms. The van der Waals surface area contributed by atoms with E-state index in [1.54, 1.807) is 0 Å². The van der Waals surface area contributed by atoms with E-state index in [2.05, 4.69) is 4.72 Å². The third kappa shape index (κ3) is 2.07. The van der Waals surface area contributed by atoms with E-state index in [0.29, 0.717) is 6.07 Å². The van der Waals surface area contributed by atoms with Crippen LogP contribution in [0.5, 0.6) is 0 Å². The molecule has 9 nitrogen and oxygen atoms in total. The lowest BCUT2D eigenvalue weighted by atomic mass is 10.1. The first kappa shape index (κ1) is 15.2. The SMILES string of the molecule is O=S(=O)(O)c1cc(S(=O)(=O)O)c2cccc3c2c1S(=O)(=O)N3. The van der Waals surface area contributed by atoms with Gasteiger partial charge in [0, 0.05) is 10.8 Å². The van der Waals surface area contributed by atoms with E-state index in [-0.39, 0.29) is 16.5 Å². The van der Waals surface area contributed by atoms with Crippen LogP contribution in [0.15, 0.2) is 39.0 Å². The monoisotopic (exact) mass is 365 g/mol. The maximum absolute atomic E-state index is 12.1. The number of anilines is 1. The van der Waals surface area contributed by atoms with Crippen molar-refractivity contribution in [1.29, 1.82) is 0 Å². The van der Waals surface area contributed by atoms with Crippen LogP contribution in [0.25, 0.3) is 10.8 Å². The van der Waals surface area contributed by atoms with Crippen LogP contribution in [0.3, 0.4) is 0 Å². The molecule has 0 radical (unpaired) electrons. The first-order valence-corrected chi connectivity index (χ1v) is 9.87. The Kier molecular flexibility index (Phi) is 2.88. The van der Waals surface area contributed by atoms with Crippen LogP contribution in [0.1, 0.15) is 0 Å². The highest BCUT2D eigenvalue weighted by atomic mass is 32.2. The maximum Gasteiger partial charge on any atom is 0.295 e. The van der Waals surface area contributed by atoms with Crippen molar-refractivity contribution in [1.82, 2.24) is 0 Å². The van der Waals surface area contributed by atoms with Crippen LogP contribution in [-0.4, -0.2) is 34.4 Å². The average molecular weight is 365 g/mol. The molecule has 3 rings (SSSR count). The summed E-state index contributed by atoms with van der Waals surface area (Å²) in [6, 6.07) is 4.24. The number of hydrogen-bond acceptors (Lipinski definition) is 6. The lowest BCUT2D eigenvalue weighted by molar-refractivity contribution is 0.479. The fourth-order valence-electron chi connectivity index (χ4n) is 2.34. The van der Waals surface area contributed by atoms with E-state index in [4.69, 9.17) is 0 Å². The number of nitrogens with one attached hydrogen (secondary N) is 1. The summed E-state index contributed by atoms with van der Waals surface area (Å²) in [5, 5.41) is -0.416. The smallest absolute Gasteiger partial charge is 0.282 e. The Bertz CT molecular complexity index is 1150. The largest absolute Gasteiger partial charge is 0.295 e. The van der Waals surface area contributed by atoms with E-state index >= 15 is 0 Å². The zero-order valence-corrected chi connectivity index (χ0v) is 12.8. The molecule has 118 valence electrons. The molecule has 22 heavy (non-hydrogen) atoms. The minimum atomic E-state index is -5.05. The molecule has 0 amide bonds. The summed E-state index contributed by atoms with van der Waals surface area (Å²) in [7, 11) is -14.2. The second-order valence-corrected chi connectivity index (χ2v) is 8.88. The van der Waals surface area contributed by atoms with E-state index < -0.39 is 44.9 Å². The van der Waals surface area contributed by atoms with Gasteiger partial charge in [-0.15, -0.1) is 0 Å². The fourth-order valence-corrected chi connectivity index (χ4v) is 5.75. The number of benzene rings is 2. The van der Waals surface area contributed by atoms with Gasteiger partial charge in [0.1, 0.15) is 14.7 Å². The van der Waals surface area contributed by atoms with Gasteiger partial charge < -0.3 is 0 Å². The number of rotatable bonds is 2. The summed E-state index contributed by atoms with van der Waals surface area (Å²) < 4.78 is 90.4. The van der Waals surface area contributed by atoms with Crippen LogP contribution in [0, 0.1) is 0 Å². The second-order valence-electron chi connectivity index (χ2n) is 4.49. The maximum atomic E-state index is 12.1. The normalized spacial score (nSPS) is 16.6. The molecule has 3 N–H and O–H groups in total. The van der Waals surface area contributed by atoms with Crippen molar-refractivity contribution in [3.05, 3.63) is 24.3 Å². The molecule has 0 aliphatic carbocycles. The first-order valence-electron chi connectivity index (χ1n) is 5.50. The average Bonchev–Trinajstić information content (AvgIpc) is 2.60. The third-order valence-corrected chi connectivity index (χ3v) is 6.46. The van der Waals surface area contributed by atoms with E-state index in [9.17, 15) is 34.4 Å². The Hall–Kier alpha value is -1.73. The Morgan fingerprint density at radius 3 is 2.09 bits per heavy atom. The molecule has 0 bridgehead atoms. The van der Waals surface area contributed by atoms with Gasteiger partial charge in [-0.05, 0) is 12.1 Å². The number of sulfonamides is 1.